The number of carboxylic acids is 1. The fourth-order valence-corrected chi connectivity index (χ4v) is 4.22. The van der Waals surface area contributed by atoms with Crippen molar-refractivity contribution in [3.63, 3.8) is 0 Å². The van der Waals surface area contributed by atoms with E-state index in [1.807, 2.05) is 13.0 Å². The number of hydrogen-bond donors (Lipinski definition) is 2. The van der Waals surface area contributed by atoms with Crippen LogP contribution in [0.1, 0.15) is 18.9 Å². The Bertz CT molecular complexity index is 825. The van der Waals surface area contributed by atoms with Gasteiger partial charge in [0.05, 0.1) is 4.90 Å². The molecule has 0 saturated carbocycles. The van der Waals surface area contributed by atoms with Crippen LogP contribution in [0.5, 0.6) is 0 Å². The number of nitrogens with one attached hydrogen (secondary N) is 1. The number of carbonyl (C=O) groups excluding carboxylic acids is 1. The molecule has 1 aliphatic rings. The van der Waals surface area contributed by atoms with Gasteiger partial charge in [-0.3, -0.25) is 4.79 Å². The molecule has 12 heteroatoms. The molecule has 0 aromatic heterocycles. The summed E-state index contributed by atoms with van der Waals surface area (Å²) in [6.45, 7) is 7.20. The van der Waals surface area contributed by atoms with Crippen molar-refractivity contribution >= 4 is 21.9 Å². The predicted molar refractivity (Wildman–Crippen MR) is 103 cm³/mol. The highest BCUT2D eigenvalue weighted by Gasteiger charge is 2.38. The molecule has 0 radical (unpaired) electrons. The van der Waals surface area contributed by atoms with Crippen LogP contribution in [-0.2, 0) is 19.6 Å². The number of nitrogens with zero attached hydrogens (tertiary/aromatic N) is 2. The van der Waals surface area contributed by atoms with Gasteiger partial charge < -0.3 is 15.3 Å². The molecule has 1 amide bonds. The number of hydrogen-bond acceptors (Lipinski definition) is 5. The van der Waals surface area contributed by atoms with Crippen LogP contribution < -0.4 is 5.32 Å². The monoisotopic (exact) mass is 453 g/mol. The molecule has 1 aromatic carbocycles. The Hall–Kier alpha value is -2.18. The first-order valence-corrected chi connectivity index (χ1v) is 10.7. The summed E-state index contributed by atoms with van der Waals surface area (Å²) >= 11 is 0. The number of alkyl halides is 3. The van der Waals surface area contributed by atoms with E-state index in [0.717, 1.165) is 18.7 Å². The number of carboxylic acid groups (broad SMARTS) is 1. The third kappa shape index (κ3) is 7.92. The molecular formula is C18H26F3N3O5S. The lowest BCUT2D eigenvalue weighted by atomic mass is 10.2. The Morgan fingerprint density at radius 3 is 2.27 bits per heavy atom. The van der Waals surface area contributed by atoms with Crippen LogP contribution in [0, 0.1) is 6.92 Å². The first kappa shape index (κ1) is 25.9. The maximum absolute atomic E-state index is 12.7. The minimum atomic E-state index is -5.08. The molecular weight excluding hydrogens is 427 g/mol. The standard InChI is InChI=1S/C16H25N3O3S.C2HF3O2/c1-3-19(10-7-16(20)18-11-8-17-9-12-18)23(21,22)15-6-4-5-14(2)13-15;3-2(4,5)1(6)7/h4-6,13,17H,3,7-12H2,1-2H3;(H,6,7). The van der Waals surface area contributed by atoms with Gasteiger partial charge in [-0.05, 0) is 24.6 Å². The van der Waals surface area contributed by atoms with Crippen molar-refractivity contribution in [2.45, 2.75) is 31.3 Å². The van der Waals surface area contributed by atoms with Gasteiger partial charge in [0, 0.05) is 45.7 Å². The largest absolute Gasteiger partial charge is 0.490 e. The number of carbonyl (C=O) groups is 2. The lowest BCUT2D eigenvalue weighted by molar-refractivity contribution is -0.192. The summed E-state index contributed by atoms with van der Waals surface area (Å²) in [5, 5.41) is 10.3. The Labute approximate surface area is 173 Å². The van der Waals surface area contributed by atoms with Gasteiger partial charge in [-0.25, -0.2) is 13.2 Å². The van der Waals surface area contributed by atoms with Crippen LogP contribution in [0.3, 0.4) is 0 Å². The Kier molecular flexibility index (Phi) is 9.72. The van der Waals surface area contributed by atoms with E-state index in [2.05, 4.69) is 5.32 Å². The maximum atomic E-state index is 12.7. The highest BCUT2D eigenvalue weighted by Crippen LogP contribution is 2.17. The Balaban J connectivity index is 0.000000553. The molecule has 1 heterocycles. The summed E-state index contributed by atoms with van der Waals surface area (Å²) in [6, 6.07) is 6.87. The van der Waals surface area contributed by atoms with E-state index in [1.54, 1.807) is 30.0 Å². The van der Waals surface area contributed by atoms with E-state index in [-0.39, 0.29) is 23.8 Å². The molecule has 0 aliphatic carbocycles. The van der Waals surface area contributed by atoms with E-state index >= 15 is 0 Å². The number of amides is 1. The van der Waals surface area contributed by atoms with Crippen molar-refractivity contribution in [3.8, 4) is 0 Å². The van der Waals surface area contributed by atoms with Gasteiger partial charge in [-0.15, -0.1) is 0 Å². The summed E-state index contributed by atoms with van der Waals surface area (Å²) in [5.74, 6) is -2.74. The molecule has 0 atom stereocenters. The summed E-state index contributed by atoms with van der Waals surface area (Å²) < 4.78 is 58.5. The smallest absolute Gasteiger partial charge is 0.475 e. The van der Waals surface area contributed by atoms with E-state index in [4.69, 9.17) is 9.90 Å². The number of piperazine rings is 1. The third-order valence-corrected chi connectivity index (χ3v) is 6.24. The first-order valence-electron chi connectivity index (χ1n) is 9.25. The second-order valence-corrected chi connectivity index (χ2v) is 8.43. The molecule has 0 bridgehead atoms. The van der Waals surface area contributed by atoms with Crippen molar-refractivity contribution in [2.24, 2.45) is 0 Å². The van der Waals surface area contributed by atoms with E-state index in [9.17, 15) is 26.4 Å². The minimum Gasteiger partial charge on any atom is -0.475 e. The molecule has 2 rings (SSSR count). The molecule has 170 valence electrons. The van der Waals surface area contributed by atoms with Crippen LogP contribution in [0.4, 0.5) is 13.2 Å². The van der Waals surface area contributed by atoms with Gasteiger partial charge in [-0.1, -0.05) is 19.1 Å². The molecule has 8 nitrogen and oxygen atoms in total. The van der Waals surface area contributed by atoms with Crippen molar-refractivity contribution in [1.29, 1.82) is 0 Å². The average Bonchev–Trinajstić information content (AvgIpc) is 2.68. The fraction of sp³-hybridized carbons (Fsp3) is 0.556. The summed E-state index contributed by atoms with van der Waals surface area (Å²) in [4.78, 5) is 23.2. The van der Waals surface area contributed by atoms with E-state index < -0.39 is 22.2 Å². The van der Waals surface area contributed by atoms with Gasteiger partial charge in [0.1, 0.15) is 0 Å². The lowest BCUT2D eigenvalue weighted by Gasteiger charge is -2.28. The predicted octanol–water partition coefficient (Wildman–Crippen LogP) is 1.46. The second-order valence-electron chi connectivity index (χ2n) is 6.50. The molecule has 2 N–H and O–H groups in total. The topological polar surface area (TPSA) is 107 Å². The number of halogens is 3. The van der Waals surface area contributed by atoms with Gasteiger partial charge in [-0.2, -0.15) is 17.5 Å². The SMILES string of the molecule is CCN(CCC(=O)N1CCNCC1)S(=O)(=O)c1cccc(C)c1.O=C(O)C(F)(F)F. The van der Waals surface area contributed by atoms with Crippen molar-refractivity contribution < 1.29 is 36.3 Å². The summed E-state index contributed by atoms with van der Waals surface area (Å²) in [5.41, 5.74) is 0.902. The minimum absolute atomic E-state index is 0.0180. The Morgan fingerprint density at radius 2 is 1.80 bits per heavy atom. The van der Waals surface area contributed by atoms with E-state index in [1.165, 1.54) is 4.31 Å². The summed E-state index contributed by atoms with van der Waals surface area (Å²) in [7, 11) is -3.55. The molecule has 1 saturated heterocycles. The zero-order chi connectivity index (χ0) is 22.9. The highest BCUT2D eigenvalue weighted by molar-refractivity contribution is 7.89. The number of aliphatic carboxylic acids is 1. The molecule has 1 fully saturated rings. The maximum Gasteiger partial charge on any atom is 0.490 e. The third-order valence-electron chi connectivity index (χ3n) is 4.27. The van der Waals surface area contributed by atoms with Crippen LogP contribution >= 0.6 is 0 Å². The van der Waals surface area contributed by atoms with Gasteiger partial charge in [0.2, 0.25) is 15.9 Å². The van der Waals surface area contributed by atoms with Crippen LogP contribution in [0.2, 0.25) is 0 Å². The average molecular weight is 453 g/mol. The lowest BCUT2D eigenvalue weighted by Crippen LogP contribution is -2.47. The van der Waals surface area contributed by atoms with Gasteiger partial charge >= 0.3 is 12.1 Å². The quantitative estimate of drug-likeness (QED) is 0.676. The zero-order valence-corrected chi connectivity index (χ0v) is 17.6. The Morgan fingerprint density at radius 1 is 1.23 bits per heavy atom. The molecule has 1 aliphatic heterocycles. The summed E-state index contributed by atoms with van der Waals surface area (Å²) in [6.07, 6.45) is -4.86. The van der Waals surface area contributed by atoms with E-state index in [0.29, 0.717) is 19.6 Å². The molecule has 0 spiro atoms. The zero-order valence-electron chi connectivity index (χ0n) is 16.8. The second kappa shape index (κ2) is 11.3. The van der Waals surface area contributed by atoms with Crippen molar-refractivity contribution in [3.05, 3.63) is 29.8 Å². The van der Waals surface area contributed by atoms with Crippen molar-refractivity contribution in [2.75, 3.05) is 39.3 Å². The van der Waals surface area contributed by atoms with Gasteiger partial charge in [0.25, 0.3) is 0 Å². The van der Waals surface area contributed by atoms with Gasteiger partial charge in [0.15, 0.2) is 0 Å². The molecule has 30 heavy (non-hydrogen) atoms. The van der Waals surface area contributed by atoms with Crippen LogP contribution in [0.15, 0.2) is 29.2 Å². The highest BCUT2D eigenvalue weighted by atomic mass is 32.2. The normalized spacial score (nSPS) is 14.8. The number of aryl methyl sites for hydroxylation is 1. The number of sulfonamides is 1. The fourth-order valence-electron chi connectivity index (χ4n) is 2.67. The number of rotatable bonds is 6. The molecule has 1 aromatic rings. The number of benzene rings is 1. The van der Waals surface area contributed by atoms with Crippen LogP contribution in [0.25, 0.3) is 0 Å². The van der Waals surface area contributed by atoms with Crippen molar-refractivity contribution in [1.82, 2.24) is 14.5 Å². The van der Waals surface area contributed by atoms with Crippen LogP contribution in [-0.4, -0.2) is 80.1 Å². The molecule has 0 unspecified atom stereocenters. The first-order chi connectivity index (χ1) is 13.9.